The monoisotopic (exact) mass is 909 g/mol. The van der Waals surface area contributed by atoms with E-state index in [1.807, 2.05) is 117 Å². The minimum atomic E-state index is 0. The molecule has 0 saturated heterocycles. The number of halogens is 2. The molecule has 176 valence electrons. The number of aromatic nitrogens is 2. The summed E-state index contributed by atoms with van der Waals surface area (Å²) in [7, 11) is 4.03. The number of anilines is 1. The van der Waals surface area contributed by atoms with Crippen LogP contribution in [0.2, 0.25) is 0 Å². The van der Waals surface area contributed by atoms with Gasteiger partial charge in [0.25, 0.3) is 0 Å². The topological polar surface area (TPSA) is 32.4 Å². The summed E-state index contributed by atoms with van der Waals surface area (Å²) in [6, 6.07) is 20.5. The first kappa shape index (κ1) is 32.6. The van der Waals surface area contributed by atoms with Crippen LogP contribution in [0.4, 0.5) is 5.69 Å². The number of aryl methyl sites for hydroxylation is 1. The van der Waals surface area contributed by atoms with Gasteiger partial charge < -0.3 is 33.8 Å². The van der Waals surface area contributed by atoms with Crippen LogP contribution >= 0.6 is 19.0 Å². The van der Waals surface area contributed by atoms with E-state index in [9.17, 15) is 0 Å². The molecule has 0 aliphatic carbocycles. The van der Waals surface area contributed by atoms with E-state index < -0.39 is 0 Å². The Hall–Kier alpha value is 0.471. The molecule has 3 aromatic rings. The van der Waals surface area contributed by atoms with Crippen molar-refractivity contribution in [2.75, 3.05) is 11.9 Å². The summed E-state index contributed by atoms with van der Waals surface area (Å²) in [6.07, 6.45) is 10.2. The summed E-state index contributed by atoms with van der Waals surface area (Å²) in [5.74, 6) is 0. The van der Waals surface area contributed by atoms with E-state index >= 15 is 0 Å². The van der Waals surface area contributed by atoms with Gasteiger partial charge in [0.05, 0.1) is 7.05 Å². The van der Waals surface area contributed by atoms with Gasteiger partial charge in [0.1, 0.15) is 18.1 Å². The summed E-state index contributed by atoms with van der Waals surface area (Å²) >= 11 is 6.58. The molecule has 2 aromatic carbocycles. The average molecular weight is 912 g/mol. The first-order chi connectivity index (χ1) is 13.7. The van der Waals surface area contributed by atoms with Crippen LogP contribution in [0.3, 0.4) is 0 Å². The van der Waals surface area contributed by atoms with Crippen LogP contribution in [-0.2, 0) is 71.0 Å². The molecule has 1 aliphatic rings. The van der Waals surface area contributed by atoms with Crippen LogP contribution < -0.4 is 33.4 Å². The maximum atomic E-state index is 8.06. The predicted molar refractivity (Wildman–Crippen MR) is 112 cm³/mol. The molecule has 1 aliphatic heterocycles. The van der Waals surface area contributed by atoms with Crippen molar-refractivity contribution in [2.45, 2.75) is 0 Å². The van der Waals surface area contributed by atoms with E-state index in [4.69, 9.17) is 3.25 Å². The first-order valence-electron chi connectivity index (χ1n) is 8.13. The molecule has 2 heterocycles. The van der Waals surface area contributed by atoms with E-state index in [2.05, 4.69) is 51.0 Å². The van der Waals surface area contributed by atoms with Gasteiger partial charge in [0, 0.05) is 28.1 Å². The molecule has 5 nitrogen and oxygen atoms in total. The molecule has 10 heteroatoms. The van der Waals surface area contributed by atoms with E-state index in [0.29, 0.717) is 0 Å². The molecule has 0 spiro atoms. The zero-order valence-electron chi connectivity index (χ0n) is 16.1. The molecule has 0 bridgehead atoms. The number of hydrogen-bond acceptors (Lipinski definition) is 3. The Balaban J connectivity index is 0. The van der Waals surface area contributed by atoms with E-state index in [0.717, 1.165) is 0 Å². The van der Waals surface area contributed by atoms with E-state index in [1.54, 1.807) is 21.0 Å². The Bertz CT molecular complexity index is 823. The molecular formula is C20H22Ag3I2N4O-. The van der Waals surface area contributed by atoms with Gasteiger partial charge in [-0.2, -0.15) is 6.67 Å². The van der Waals surface area contributed by atoms with Crippen molar-refractivity contribution in [1.29, 1.82) is 0 Å². The molecule has 4 rings (SSSR count). The summed E-state index contributed by atoms with van der Waals surface area (Å²) in [6.45, 7) is 2.04. The number of nitrogens with zero attached hydrogens (tertiary/aromatic N) is 4. The Morgan fingerprint density at radius 3 is 1.80 bits per heavy atom. The summed E-state index contributed by atoms with van der Waals surface area (Å²) in [4.78, 5) is 4.10. The molecule has 0 N–H and O–H groups in total. The third-order valence-corrected chi connectivity index (χ3v) is 3.65. The summed E-state index contributed by atoms with van der Waals surface area (Å²) in [5.41, 5.74) is 2.39. The molecule has 1 radical (unpaired) electrons. The third kappa shape index (κ3) is 11.9. The molecule has 0 amide bonds. The molecule has 0 saturated carbocycles. The van der Waals surface area contributed by atoms with Crippen molar-refractivity contribution >= 4 is 24.7 Å². The van der Waals surface area contributed by atoms with Crippen LogP contribution in [0.25, 0.3) is 5.69 Å². The molecule has 30 heavy (non-hydrogen) atoms. The first-order valence-corrected chi connectivity index (χ1v) is 13.1. The molecule has 0 atom stereocenters. The van der Waals surface area contributed by atoms with E-state index in [1.165, 1.54) is 11.4 Å². The van der Waals surface area contributed by atoms with Crippen molar-refractivity contribution in [2.24, 2.45) is 7.05 Å². The summed E-state index contributed by atoms with van der Waals surface area (Å²) in [5, 5.41) is 0. The van der Waals surface area contributed by atoms with Crippen LogP contribution in [0.15, 0.2) is 91.8 Å². The van der Waals surface area contributed by atoms with Gasteiger partial charge in [0.2, 0.25) is 6.33 Å². The molecule has 0 unspecified atom stereocenters. The van der Waals surface area contributed by atoms with Gasteiger partial charge in [-0.3, -0.25) is 0 Å². The quantitative estimate of drug-likeness (QED) is 0.168. The van der Waals surface area contributed by atoms with Crippen molar-refractivity contribution in [3.8, 4) is 5.69 Å². The van der Waals surface area contributed by atoms with Gasteiger partial charge in [-0.1, -0.05) is 36.4 Å². The Morgan fingerprint density at radius 2 is 1.40 bits per heavy atom. The maximum absolute atomic E-state index is 8.06. The van der Waals surface area contributed by atoms with Crippen LogP contribution in [-0.4, -0.2) is 16.5 Å². The molecular weight excluding hydrogens is 890 g/mol. The SMILES string of the molecule is CN1C=CN(c2ccccc2)[CH-]1.C[n+]1ccn(-c2ccccc2)c1.[Ag].[Ag][I].[I-].[O]=[Ag]. The van der Waals surface area contributed by atoms with E-state index in [-0.39, 0.29) is 46.4 Å². The number of rotatable bonds is 2. The number of hydrogen-bond donors (Lipinski definition) is 0. The Morgan fingerprint density at radius 1 is 0.900 bits per heavy atom. The van der Waals surface area contributed by atoms with Gasteiger partial charge in [-0.25, -0.2) is 9.13 Å². The normalized spacial score (nSPS) is 10.8. The van der Waals surface area contributed by atoms with Crippen LogP contribution in [0, 0.1) is 6.67 Å². The van der Waals surface area contributed by atoms with Crippen LogP contribution in [0.5, 0.6) is 0 Å². The number of para-hydroxylation sites is 2. The average Bonchev–Trinajstić information content (AvgIpc) is 3.41. The fourth-order valence-corrected chi connectivity index (χ4v) is 2.41. The second-order valence-corrected chi connectivity index (χ2v) is 5.64. The van der Waals surface area contributed by atoms with Crippen LogP contribution in [0.1, 0.15) is 0 Å². The van der Waals surface area contributed by atoms with Gasteiger partial charge in [-0.15, -0.1) is 0 Å². The zero-order chi connectivity index (χ0) is 20.8. The second kappa shape index (κ2) is 20.1. The molecule has 0 fully saturated rings. The van der Waals surface area contributed by atoms with Crippen molar-refractivity contribution in [3.63, 3.8) is 0 Å². The Kier molecular flexibility index (Phi) is 21.9. The van der Waals surface area contributed by atoms with Gasteiger partial charge >= 0.3 is 60.6 Å². The minimum absolute atomic E-state index is 0. The fraction of sp³-hybridized carbons (Fsp3) is 0.100. The van der Waals surface area contributed by atoms with Crippen molar-refractivity contribution in [3.05, 3.63) is 98.5 Å². The summed E-state index contributed by atoms with van der Waals surface area (Å²) < 4.78 is 12.2. The number of benzene rings is 2. The van der Waals surface area contributed by atoms with Crippen molar-refractivity contribution in [1.82, 2.24) is 9.47 Å². The van der Waals surface area contributed by atoms with Crippen molar-refractivity contribution < 1.29 is 92.5 Å². The second-order valence-electron chi connectivity index (χ2n) is 5.64. The predicted octanol–water partition coefficient (Wildman–Crippen LogP) is 1.09. The van der Waals surface area contributed by atoms with Gasteiger partial charge in [0.15, 0.2) is 0 Å². The number of imidazole rings is 1. The Labute approximate surface area is 246 Å². The molecule has 1 aromatic heterocycles. The fourth-order valence-electron chi connectivity index (χ4n) is 2.41. The van der Waals surface area contributed by atoms with Gasteiger partial charge in [-0.05, 0) is 43.7 Å². The standard InChI is InChI=1S/2C10H11N2.3Ag.2HI.O/c2*1-11-7-8-12(9-11)10-5-3-2-4-6-10;;;;;;/h2*2-9H,1H3;;;;2*1H;/q-1;+1;;;+1;;;/p-2. The zero-order valence-corrected chi connectivity index (χ0v) is 24.9. The third-order valence-electron chi connectivity index (χ3n) is 3.65.